The van der Waals surface area contributed by atoms with Gasteiger partial charge >= 0.3 is 0 Å². The minimum atomic E-state index is -0.436. The SMILES string of the molecule is O=C(c1ccc(COc2ccc(F)cc2Cl)o1)N1CCN(c2ccc(Cl)cc2)CC1. The van der Waals surface area contributed by atoms with Gasteiger partial charge in [0.25, 0.3) is 5.91 Å². The molecule has 0 N–H and O–H groups in total. The Morgan fingerprint density at radius 1 is 1.00 bits per heavy atom. The molecule has 2 heterocycles. The minimum absolute atomic E-state index is 0.0863. The number of anilines is 1. The number of hydrogen-bond donors (Lipinski definition) is 0. The predicted molar refractivity (Wildman–Crippen MR) is 114 cm³/mol. The van der Waals surface area contributed by atoms with Crippen molar-refractivity contribution in [1.82, 2.24) is 4.90 Å². The van der Waals surface area contributed by atoms with Crippen LogP contribution in [0.15, 0.2) is 59.0 Å². The molecule has 1 aliphatic heterocycles. The maximum atomic E-state index is 13.1. The van der Waals surface area contributed by atoms with Crippen LogP contribution in [0.1, 0.15) is 16.3 Å². The second-order valence-electron chi connectivity index (χ2n) is 6.89. The van der Waals surface area contributed by atoms with Gasteiger partial charge < -0.3 is 19.0 Å². The number of rotatable bonds is 5. The van der Waals surface area contributed by atoms with E-state index in [1.807, 2.05) is 24.3 Å². The van der Waals surface area contributed by atoms with E-state index >= 15 is 0 Å². The van der Waals surface area contributed by atoms with E-state index in [1.165, 1.54) is 18.2 Å². The number of amides is 1. The van der Waals surface area contributed by atoms with Crippen LogP contribution in [0, 0.1) is 5.82 Å². The van der Waals surface area contributed by atoms with Crippen LogP contribution in [0.2, 0.25) is 10.0 Å². The van der Waals surface area contributed by atoms with Crippen LogP contribution < -0.4 is 9.64 Å². The number of halogens is 3. The lowest BCUT2D eigenvalue weighted by atomic mass is 10.2. The van der Waals surface area contributed by atoms with Crippen LogP contribution in [-0.4, -0.2) is 37.0 Å². The van der Waals surface area contributed by atoms with Crippen LogP contribution in [0.4, 0.5) is 10.1 Å². The topological polar surface area (TPSA) is 45.9 Å². The molecular weight excluding hydrogens is 430 g/mol. The molecule has 3 aromatic rings. The Morgan fingerprint density at radius 2 is 1.73 bits per heavy atom. The van der Waals surface area contributed by atoms with Crippen molar-refractivity contribution in [3.8, 4) is 5.75 Å². The molecule has 0 unspecified atom stereocenters. The van der Waals surface area contributed by atoms with Crippen molar-refractivity contribution >= 4 is 34.8 Å². The van der Waals surface area contributed by atoms with Crippen molar-refractivity contribution in [2.75, 3.05) is 31.1 Å². The fourth-order valence-corrected chi connectivity index (χ4v) is 3.63. The summed E-state index contributed by atoms with van der Waals surface area (Å²) in [5, 5.41) is 0.878. The monoisotopic (exact) mass is 448 g/mol. The van der Waals surface area contributed by atoms with Gasteiger partial charge in [-0.15, -0.1) is 0 Å². The zero-order valence-corrected chi connectivity index (χ0v) is 17.5. The van der Waals surface area contributed by atoms with Crippen molar-refractivity contribution in [3.05, 3.63) is 82.0 Å². The first kappa shape index (κ1) is 20.6. The van der Waals surface area contributed by atoms with Gasteiger partial charge in [-0.2, -0.15) is 0 Å². The molecule has 0 radical (unpaired) electrons. The van der Waals surface area contributed by atoms with Crippen LogP contribution in [0.25, 0.3) is 0 Å². The number of furan rings is 1. The van der Waals surface area contributed by atoms with E-state index in [9.17, 15) is 9.18 Å². The largest absolute Gasteiger partial charge is 0.484 e. The number of ether oxygens (including phenoxy) is 1. The first-order chi connectivity index (χ1) is 14.5. The highest BCUT2D eigenvalue weighted by Crippen LogP contribution is 2.26. The highest BCUT2D eigenvalue weighted by molar-refractivity contribution is 6.32. The van der Waals surface area contributed by atoms with Gasteiger partial charge in [0, 0.05) is 36.9 Å². The van der Waals surface area contributed by atoms with Gasteiger partial charge in [-0.05, 0) is 54.6 Å². The molecule has 0 saturated carbocycles. The normalized spacial score (nSPS) is 14.1. The summed E-state index contributed by atoms with van der Waals surface area (Å²) in [4.78, 5) is 16.7. The van der Waals surface area contributed by atoms with Crippen molar-refractivity contribution in [3.63, 3.8) is 0 Å². The summed E-state index contributed by atoms with van der Waals surface area (Å²) in [6, 6.07) is 14.9. The minimum Gasteiger partial charge on any atom is -0.484 e. The molecule has 30 heavy (non-hydrogen) atoms. The Hall–Kier alpha value is -2.70. The van der Waals surface area contributed by atoms with Gasteiger partial charge in [0.2, 0.25) is 0 Å². The third-order valence-corrected chi connectivity index (χ3v) is 5.44. The average molecular weight is 449 g/mol. The van der Waals surface area contributed by atoms with Crippen molar-refractivity contribution < 1.29 is 18.3 Å². The molecule has 1 amide bonds. The van der Waals surface area contributed by atoms with Gasteiger partial charge in [-0.1, -0.05) is 23.2 Å². The molecule has 8 heteroatoms. The predicted octanol–water partition coefficient (Wildman–Crippen LogP) is 5.27. The molecule has 1 fully saturated rings. The van der Waals surface area contributed by atoms with Gasteiger partial charge in [0.05, 0.1) is 5.02 Å². The van der Waals surface area contributed by atoms with Crippen LogP contribution >= 0.6 is 23.2 Å². The lowest BCUT2D eigenvalue weighted by Gasteiger charge is -2.35. The molecule has 1 saturated heterocycles. The molecular formula is C22H19Cl2FN2O3. The van der Waals surface area contributed by atoms with E-state index in [-0.39, 0.29) is 23.3 Å². The number of carbonyl (C=O) groups is 1. The smallest absolute Gasteiger partial charge is 0.289 e. The number of piperazine rings is 1. The quantitative estimate of drug-likeness (QED) is 0.533. The van der Waals surface area contributed by atoms with E-state index in [4.69, 9.17) is 32.4 Å². The van der Waals surface area contributed by atoms with Crippen molar-refractivity contribution in [2.24, 2.45) is 0 Å². The molecule has 0 bridgehead atoms. The molecule has 0 atom stereocenters. The molecule has 0 aliphatic carbocycles. The van der Waals surface area contributed by atoms with Crippen LogP contribution in [-0.2, 0) is 6.61 Å². The molecule has 0 spiro atoms. The van der Waals surface area contributed by atoms with E-state index in [0.717, 1.165) is 18.8 Å². The summed E-state index contributed by atoms with van der Waals surface area (Å²) in [7, 11) is 0. The van der Waals surface area contributed by atoms with E-state index < -0.39 is 5.82 Å². The van der Waals surface area contributed by atoms with Crippen molar-refractivity contribution in [1.29, 1.82) is 0 Å². The van der Waals surface area contributed by atoms with E-state index in [2.05, 4.69) is 4.90 Å². The third kappa shape index (κ3) is 4.71. The highest BCUT2D eigenvalue weighted by Gasteiger charge is 2.24. The van der Waals surface area contributed by atoms with Crippen LogP contribution in [0.3, 0.4) is 0 Å². The Labute approximate surface area is 183 Å². The lowest BCUT2D eigenvalue weighted by molar-refractivity contribution is 0.0710. The summed E-state index contributed by atoms with van der Waals surface area (Å²) in [5.74, 6) is 0.504. The van der Waals surface area contributed by atoms with Gasteiger partial charge in [0.15, 0.2) is 5.76 Å². The maximum absolute atomic E-state index is 13.1. The zero-order valence-electron chi connectivity index (χ0n) is 16.0. The molecule has 1 aliphatic rings. The van der Waals surface area contributed by atoms with Gasteiger partial charge in [0.1, 0.15) is 23.9 Å². The maximum Gasteiger partial charge on any atom is 0.289 e. The summed E-state index contributed by atoms with van der Waals surface area (Å²) in [5.41, 5.74) is 1.09. The summed E-state index contributed by atoms with van der Waals surface area (Å²) in [6.45, 7) is 2.74. The highest BCUT2D eigenvalue weighted by atomic mass is 35.5. The number of hydrogen-bond acceptors (Lipinski definition) is 4. The van der Waals surface area contributed by atoms with E-state index in [1.54, 1.807) is 17.0 Å². The number of nitrogens with zero attached hydrogens (tertiary/aromatic N) is 2. The molecule has 4 rings (SSSR count). The second-order valence-corrected chi connectivity index (χ2v) is 7.73. The zero-order chi connectivity index (χ0) is 21.1. The Bertz CT molecular complexity index is 1030. The molecule has 1 aromatic heterocycles. The number of benzene rings is 2. The van der Waals surface area contributed by atoms with E-state index in [0.29, 0.717) is 29.6 Å². The Balaban J connectivity index is 1.32. The standard InChI is InChI=1S/C22H19Cl2FN2O3/c23-15-1-4-17(5-2-15)26-9-11-27(12-10-26)22(28)21-8-6-18(30-21)14-29-20-7-3-16(25)13-19(20)24/h1-8,13H,9-12,14H2. The fourth-order valence-electron chi connectivity index (χ4n) is 3.29. The molecule has 2 aromatic carbocycles. The molecule has 156 valence electrons. The lowest BCUT2D eigenvalue weighted by Crippen LogP contribution is -2.48. The number of carbonyl (C=O) groups excluding carboxylic acids is 1. The first-order valence-electron chi connectivity index (χ1n) is 9.46. The summed E-state index contributed by atoms with van der Waals surface area (Å²) < 4.78 is 24.3. The second kappa shape index (κ2) is 8.98. The third-order valence-electron chi connectivity index (χ3n) is 4.89. The Morgan fingerprint density at radius 3 is 2.43 bits per heavy atom. The van der Waals surface area contributed by atoms with Crippen molar-refractivity contribution in [2.45, 2.75) is 6.61 Å². The average Bonchev–Trinajstić information content (AvgIpc) is 3.22. The fraction of sp³-hybridized carbons (Fsp3) is 0.227. The Kier molecular flexibility index (Phi) is 6.16. The summed E-state index contributed by atoms with van der Waals surface area (Å²) in [6.07, 6.45) is 0. The van der Waals surface area contributed by atoms with Gasteiger partial charge in [-0.25, -0.2) is 4.39 Å². The summed E-state index contributed by atoms with van der Waals surface area (Å²) >= 11 is 11.9. The first-order valence-corrected chi connectivity index (χ1v) is 10.2. The van der Waals surface area contributed by atoms with Gasteiger partial charge in [-0.3, -0.25) is 4.79 Å². The molecule has 5 nitrogen and oxygen atoms in total. The van der Waals surface area contributed by atoms with Crippen LogP contribution in [0.5, 0.6) is 5.75 Å².